The fourth-order valence-electron chi connectivity index (χ4n) is 1.81. The minimum absolute atomic E-state index is 0.00716. The maximum atomic E-state index is 11.5. The third-order valence-corrected chi connectivity index (χ3v) is 4.76. The summed E-state index contributed by atoms with van der Waals surface area (Å²) in [6.07, 6.45) is 0. The van der Waals surface area contributed by atoms with Gasteiger partial charge in [-0.25, -0.2) is 9.67 Å². The number of thioether (sulfide) groups is 1. The molecule has 0 bridgehead atoms. The Morgan fingerprint density at radius 2 is 2.18 bits per heavy atom. The molecule has 0 atom stereocenters. The Balaban J connectivity index is 2.06. The topological polar surface area (TPSA) is 76.8 Å². The van der Waals surface area contributed by atoms with Gasteiger partial charge in [0, 0.05) is 24.6 Å². The lowest BCUT2D eigenvalue weighted by atomic mass is 10.1. The number of carbonyl (C=O) groups excluding carboxylic acids is 1. The molecule has 0 saturated heterocycles. The smallest absolute Gasteiger partial charge is 0.225 e. The van der Waals surface area contributed by atoms with Crippen molar-refractivity contribution in [3.8, 4) is 0 Å². The van der Waals surface area contributed by atoms with Gasteiger partial charge in [-0.2, -0.15) is 0 Å². The number of tetrazole rings is 1. The van der Waals surface area contributed by atoms with Gasteiger partial charge in [0.15, 0.2) is 5.13 Å². The van der Waals surface area contributed by atoms with Gasteiger partial charge in [0.05, 0.1) is 11.2 Å². The van der Waals surface area contributed by atoms with Crippen LogP contribution in [0.15, 0.2) is 10.5 Å². The number of rotatable bonds is 5. The summed E-state index contributed by atoms with van der Waals surface area (Å²) >= 11 is 3.02. The molecule has 9 heteroatoms. The number of amides is 1. The van der Waals surface area contributed by atoms with E-state index in [1.807, 2.05) is 12.3 Å². The van der Waals surface area contributed by atoms with Gasteiger partial charge in [0.25, 0.3) is 0 Å². The van der Waals surface area contributed by atoms with Crippen molar-refractivity contribution in [2.45, 2.75) is 51.1 Å². The largest absolute Gasteiger partial charge is 0.289 e. The Morgan fingerprint density at radius 3 is 2.77 bits per heavy atom. The molecule has 0 aliphatic carbocycles. The average molecular weight is 340 g/mol. The molecule has 2 aromatic heterocycles. The normalized spacial score (nSPS) is 11.7. The highest BCUT2D eigenvalue weighted by atomic mass is 32.2. The Kier molecular flexibility index (Phi) is 5.17. The van der Waals surface area contributed by atoms with E-state index in [1.165, 1.54) is 11.3 Å². The molecule has 7 nitrogen and oxygen atoms in total. The van der Waals surface area contributed by atoms with Crippen molar-refractivity contribution >= 4 is 34.1 Å². The van der Waals surface area contributed by atoms with Crippen LogP contribution < -0.4 is 4.90 Å². The molecule has 0 aliphatic rings. The summed E-state index contributed by atoms with van der Waals surface area (Å²) in [6.45, 7) is 10.3. The third kappa shape index (κ3) is 3.83. The number of hydrogen-bond donors (Lipinski definition) is 0. The van der Waals surface area contributed by atoms with Crippen molar-refractivity contribution in [1.82, 2.24) is 25.2 Å². The molecule has 0 saturated carbocycles. The maximum absolute atomic E-state index is 11.5. The molecule has 0 radical (unpaired) electrons. The highest BCUT2D eigenvalue weighted by molar-refractivity contribution is 7.98. The predicted octanol–water partition coefficient (Wildman–Crippen LogP) is 2.55. The summed E-state index contributed by atoms with van der Waals surface area (Å²) in [6, 6.07) is 0. The Hall–Kier alpha value is -1.48. The lowest BCUT2D eigenvalue weighted by molar-refractivity contribution is -0.116. The molecule has 22 heavy (non-hydrogen) atoms. The van der Waals surface area contributed by atoms with Crippen LogP contribution in [0.5, 0.6) is 0 Å². The molecule has 0 aliphatic heterocycles. The first-order valence-electron chi connectivity index (χ1n) is 6.97. The number of nitrogens with zero attached hydrogens (tertiary/aromatic N) is 6. The lowest BCUT2D eigenvalue weighted by Gasteiger charge is -2.19. The van der Waals surface area contributed by atoms with Crippen molar-refractivity contribution in [2.75, 3.05) is 11.4 Å². The van der Waals surface area contributed by atoms with E-state index in [-0.39, 0.29) is 11.4 Å². The summed E-state index contributed by atoms with van der Waals surface area (Å²) in [5.41, 5.74) is 0.764. The predicted molar refractivity (Wildman–Crippen MR) is 88.2 cm³/mol. The van der Waals surface area contributed by atoms with Crippen LogP contribution in [0.1, 0.15) is 40.3 Å². The zero-order chi connectivity index (χ0) is 16.3. The van der Waals surface area contributed by atoms with Gasteiger partial charge in [0.2, 0.25) is 11.1 Å². The van der Waals surface area contributed by atoms with E-state index < -0.39 is 0 Å². The summed E-state index contributed by atoms with van der Waals surface area (Å²) < 4.78 is 1.80. The number of anilines is 1. The second-order valence-electron chi connectivity index (χ2n) is 5.72. The van der Waals surface area contributed by atoms with Crippen molar-refractivity contribution in [1.29, 1.82) is 0 Å². The quantitative estimate of drug-likeness (QED) is 0.779. The van der Waals surface area contributed by atoms with Gasteiger partial charge >= 0.3 is 0 Å². The molecule has 1 amide bonds. The van der Waals surface area contributed by atoms with Crippen molar-refractivity contribution < 1.29 is 4.79 Å². The van der Waals surface area contributed by atoms with Crippen LogP contribution in [0.25, 0.3) is 0 Å². The molecule has 2 heterocycles. The van der Waals surface area contributed by atoms with E-state index in [0.717, 1.165) is 16.0 Å². The number of carbonyl (C=O) groups is 1. The molecule has 120 valence electrons. The van der Waals surface area contributed by atoms with Gasteiger partial charge in [-0.3, -0.25) is 9.69 Å². The summed E-state index contributed by atoms with van der Waals surface area (Å²) in [7, 11) is 0. The number of hydrogen-bond acceptors (Lipinski definition) is 7. The molecule has 0 fully saturated rings. The van der Waals surface area contributed by atoms with Gasteiger partial charge in [0.1, 0.15) is 0 Å². The standard InChI is InChI=1S/C13H20N6OS2/c1-6-18(9(2)20)11-14-10(7-21-11)8-22-12-15-16-17-19(12)13(3,4)5/h7H,6,8H2,1-5H3. The number of thiazole rings is 1. The van der Waals surface area contributed by atoms with Crippen molar-refractivity contribution in [3.05, 3.63) is 11.1 Å². The summed E-state index contributed by atoms with van der Waals surface area (Å²) in [5.74, 6) is 0.676. The SMILES string of the molecule is CCN(C(C)=O)c1nc(CSc2nnnn2C(C)(C)C)cs1. The number of aromatic nitrogens is 5. The van der Waals surface area contributed by atoms with E-state index in [9.17, 15) is 4.79 Å². The molecule has 0 aromatic carbocycles. The average Bonchev–Trinajstić information content (AvgIpc) is 3.04. The molecule has 2 rings (SSSR count). The summed E-state index contributed by atoms with van der Waals surface area (Å²) in [4.78, 5) is 17.7. The van der Waals surface area contributed by atoms with E-state index in [4.69, 9.17) is 0 Å². The van der Waals surface area contributed by atoms with Crippen LogP contribution in [-0.2, 0) is 16.1 Å². The maximum Gasteiger partial charge on any atom is 0.225 e. The highest BCUT2D eigenvalue weighted by Gasteiger charge is 2.20. The van der Waals surface area contributed by atoms with Crippen molar-refractivity contribution in [2.24, 2.45) is 0 Å². The Morgan fingerprint density at radius 1 is 1.45 bits per heavy atom. The first kappa shape index (κ1) is 16.9. The second-order valence-corrected chi connectivity index (χ2v) is 7.50. The molecule has 2 aromatic rings. The fourth-order valence-corrected chi connectivity index (χ4v) is 3.80. The van der Waals surface area contributed by atoms with Gasteiger partial charge < -0.3 is 0 Å². The zero-order valence-electron chi connectivity index (χ0n) is 13.4. The Labute approximate surface area is 138 Å². The van der Waals surface area contributed by atoms with Crippen LogP contribution in [0, 0.1) is 0 Å². The Bertz CT molecular complexity index is 645. The zero-order valence-corrected chi connectivity index (χ0v) is 15.0. The molecular formula is C13H20N6OS2. The van der Waals surface area contributed by atoms with Gasteiger partial charge in [-0.1, -0.05) is 11.8 Å². The van der Waals surface area contributed by atoms with Gasteiger partial charge in [-0.05, 0) is 38.1 Å². The van der Waals surface area contributed by atoms with E-state index in [0.29, 0.717) is 12.3 Å². The van der Waals surface area contributed by atoms with Crippen LogP contribution >= 0.6 is 23.1 Å². The third-order valence-electron chi connectivity index (χ3n) is 2.89. The van der Waals surface area contributed by atoms with E-state index in [1.54, 1.807) is 28.3 Å². The van der Waals surface area contributed by atoms with E-state index in [2.05, 4.69) is 41.3 Å². The van der Waals surface area contributed by atoms with Crippen LogP contribution in [0.2, 0.25) is 0 Å². The van der Waals surface area contributed by atoms with Gasteiger partial charge in [-0.15, -0.1) is 16.4 Å². The molecule has 0 N–H and O–H groups in total. The monoisotopic (exact) mass is 340 g/mol. The second kappa shape index (κ2) is 6.74. The van der Waals surface area contributed by atoms with Crippen LogP contribution in [-0.4, -0.2) is 37.6 Å². The fraction of sp³-hybridized carbons (Fsp3) is 0.615. The lowest BCUT2D eigenvalue weighted by Crippen LogP contribution is -2.27. The summed E-state index contributed by atoms with van der Waals surface area (Å²) in [5, 5.41) is 15.3. The van der Waals surface area contributed by atoms with E-state index >= 15 is 0 Å². The minimum atomic E-state index is -0.160. The minimum Gasteiger partial charge on any atom is -0.289 e. The first-order chi connectivity index (χ1) is 10.3. The molecule has 0 unspecified atom stereocenters. The first-order valence-corrected chi connectivity index (χ1v) is 8.83. The highest BCUT2D eigenvalue weighted by Crippen LogP contribution is 2.27. The van der Waals surface area contributed by atoms with Crippen molar-refractivity contribution in [3.63, 3.8) is 0 Å². The van der Waals surface area contributed by atoms with Crippen LogP contribution in [0.3, 0.4) is 0 Å². The molecular weight excluding hydrogens is 320 g/mol. The molecule has 0 spiro atoms. The van der Waals surface area contributed by atoms with Crippen LogP contribution in [0.4, 0.5) is 5.13 Å².